The van der Waals surface area contributed by atoms with Crippen LogP contribution in [0.5, 0.6) is 5.75 Å². The SMILES string of the molecule is O=C(Nc1ccccc1)N1CCOc2cc(Nc3ccccc3)cnc21. The highest BCUT2D eigenvalue weighted by Crippen LogP contribution is 2.32. The van der Waals surface area contributed by atoms with E-state index < -0.39 is 0 Å². The van der Waals surface area contributed by atoms with Gasteiger partial charge in [0.05, 0.1) is 18.4 Å². The number of rotatable bonds is 3. The summed E-state index contributed by atoms with van der Waals surface area (Å²) >= 11 is 0. The van der Waals surface area contributed by atoms with Crippen molar-refractivity contribution >= 4 is 28.9 Å². The highest BCUT2D eigenvalue weighted by molar-refractivity contribution is 6.02. The molecule has 130 valence electrons. The summed E-state index contributed by atoms with van der Waals surface area (Å²) in [5.74, 6) is 1.10. The fourth-order valence-electron chi connectivity index (χ4n) is 2.77. The molecule has 2 N–H and O–H groups in total. The zero-order valence-corrected chi connectivity index (χ0v) is 14.1. The first-order valence-corrected chi connectivity index (χ1v) is 8.38. The smallest absolute Gasteiger partial charge is 0.327 e. The van der Waals surface area contributed by atoms with Crippen molar-refractivity contribution in [2.24, 2.45) is 0 Å². The molecule has 1 aliphatic rings. The van der Waals surface area contributed by atoms with Crippen LogP contribution in [0.25, 0.3) is 0 Å². The molecule has 2 heterocycles. The summed E-state index contributed by atoms with van der Waals surface area (Å²) in [5, 5.41) is 6.16. The number of fused-ring (bicyclic) bond motifs is 1. The Labute approximate surface area is 151 Å². The van der Waals surface area contributed by atoms with Gasteiger partial charge in [-0.3, -0.25) is 4.90 Å². The largest absolute Gasteiger partial charge is 0.488 e. The number of nitrogens with zero attached hydrogens (tertiary/aromatic N) is 2. The minimum atomic E-state index is -0.225. The van der Waals surface area contributed by atoms with Crippen LogP contribution in [0, 0.1) is 0 Å². The number of ether oxygens (including phenoxy) is 1. The molecule has 2 aromatic carbocycles. The molecular formula is C20H18N4O2. The number of hydrogen-bond donors (Lipinski definition) is 2. The maximum atomic E-state index is 12.6. The number of anilines is 4. The van der Waals surface area contributed by atoms with Crippen LogP contribution < -0.4 is 20.3 Å². The lowest BCUT2D eigenvalue weighted by molar-refractivity contribution is 0.249. The Balaban J connectivity index is 1.53. The number of pyridine rings is 1. The zero-order valence-electron chi connectivity index (χ0n) is 14.1. The monoisotopic (exact) mass is 346 g/mol. The number of aromatic nitrogens is 1. The van der Waals surface area contributed by atoms with E-state index in [4.69, 9.17) is 4.74 Å². The molecular weight excluding hydrogens is 328 g/mol. The molecule has 26 heavy (non-hydrogen) atoms. The minimum absolute atomic E-state index is 0.225. The fourth-order valence-corrected chi connectivity index (χ4v) is 2.77. The van der Waals surface area contributed by atoms with Gasteiger partial charge in [0, 0.05) is 17.4 Å². The third-order valence-electron chi connectivity index (χ3n) is 3.99. The zero-order chi connectivity index (χ0) is 17.8. The van der Waals surface area contributed by atoms with Gasteiger partial charge in [-0.2, -0.15) is 0 Å². The van der Waals surface area contributed by atoms with E-state index in [1.54, 1.807) is 11.1 Å². The number of hydrogen-bond acceptors (Lipinski definition) is 4. The van der Waals surface area contributed by atoms with Gasteiger partial charge in [0.15, 0.2) is 11.6 Å². The molecule has 0 unspecified atom stereocenters. The predicted octanol–water partition coefficient (Wildman–Crippen LogP) is 4.26. The third-order valence-corrected chi connectivity index (χ3v) is 3.99. The molecule has 6 heteroatoms. The van der Waals surface area contributed by atoms with Gasteiger partial charge < -0.3 is 15.4 Å². The molecule has 3 aromatic rings. The van der Waals surface area contributed by atoms with Crippen LogP contribution in [0.3, 0.4) is 0 Å². The van der Waals surface area contributed by atoms with Gasteiger partial charge in [0.25, 0.3) is 0 Å². The number of amides is 2. The summed E-state index contributed by atoms with van der Waals surface area (Å²) in [4.78, 5) is 18.6. The first-order chi connectivity index (χ1) is 12.8. The lowest BCUT2D eigenvalue weighted by atomic mass is 10.3. The maximum Gasteiger partial charge on any atom is 0.327 e. The van der Waals surface area contributed by atoms with Crippen molar-refractivity contribution in [1.29, 1.82) is 0 Å². The van der Waals surface area contributed by atoms with Gasteiger partial charge in [-0.05, 0) is 24.3 Å². The molecule has 0 fully saturated rings. The molecule has 1 aromatic heterocycles. The molecule has 0 radical (unpaired) electrons. The number of carbonyl (C=O) groups excluding carboxylic acids is 1. The second-order valence-corrected chi connectivity index (χ2v) is 5.83. The Morgan fingerprint density at radius 3 is 2.38 bits per heavy atom. The second kappa shape index (κ2) is 7.14. The van der Waals surface area contributed by atoms with Gasteiger partial charge in [0.2, 0.25) is 0 Å². The van der Waals surface area contributed by atoms with Crippen molar-refractivity contribution in [3.8, 4) is 5.75 Å². The molecule has 1 aliphatic heterocycles. The van der Waals surface area contributed by atoms with Crippen molar-refractivity contribution in [2.45, 2.75) is 0 Å². The summed E-state index contributed by atoms with van der Waals surface area (Å²) in [7, 11) is 0. The third kappa shape index (κ3) is 3.44. The van der Waals surface area contributed by atoms with E-state index in [1.165, 1.54) is 0 Å². The van der Waals surface area contributed by atoms with Crippen molar-refractivity contribution in [3.05, 3.63) is 72.9 Å². The van der Waals surface area contributed by atoms with Crippen LogP contribution in [0.1, 0.15) is 0 Å². The van der Waals surface area contributed by atoms with Crippen LogP contribution in [0.15, 0.2) is 72.9 Å². The number of urea groups is 1. The molecule has 0 saturated carbocycles. The summed E-state index contributed by atoms with van der Waals surface area (Å²) < 4.78 is 5.71. The van der Waals surface area contributed by atoms with Crippen LogP contribution in [-0.4, -0.2) is 24.2 Å². The molecule has 6 nitrogen and oxygen atoms in total. The van der Waals surface area contributed by atoms with Gasteiger partial charge >= 0.3 is 6.03 Å². The summed E-state index contributed by atoms with van der Waals surface area (Å²) in [6.07, 6.45) is 1.70. The molecule has 0 bridgehead atoms. The van der Waals surface area contributed by atoms with Crippen molar-refractivity contribution < 1.29 is 9.53 Å². The molecule has 0 aliphatic carbocycles. The molecule has 2 amide bonds. The Morgan fingerprint density at radius 2 is 1.65 bits per heavy atom. The van der Waals surface area contributed by atoms with Crippen LogP contribution >= 0.6 is 0 Å². The predicted molar refractivity (Wildman–Crippen MR) is 102 cm³/mol. The molecule has 0 spiro atoms. The van der Waals surface area contributed by atoms with Gasteiger partial charge in [-0.25, -0.2) is 9.78 Å². The van der Waals surface area contributed by atoms with E-state index in [-0.39, 0.29) is 6.03 Å². The number of nitrogens with one attached hydrogen (secondary N) is 2. The number of benzene rings is 2. The maximum absolute atomic E-state index is 12.6. The Morgan fingerprint density at radius 1 is 0.962 bits per heavy atom. The van der Waals surface area contributed by atoms with E-state index in [0.29, 0.717) is 24.7 Å². The van der Waals surface area contributed by atoms with Gasteiger partial charge in [0.1, 0.15) is 6.61 Å². The molecule has 0 atom stereocenters. The van der Waals surface area contributed by atoms with Crippen molar-refractivity contribution in [2.75, 3.05) is 28.7 Å². The summed E-state index contributed by atoms with van der Waals surface area (Å²) in [5.41, 5.74) is 2.51. The van der Waals surface area contributed by atoms with E-state index >= 15 is 0 Å². The van der Waals surface area contributed by atoms with Crippen molar-refractivity contribution in [3.63, 3.8) is 0 Å². The normalized spacial score (nSPS) is 12.7. The summed E-state index contributed by atoms with van der Waals surface area (Å²) in [6.45, 7) is 0.871. The molecule has 4 rings (SSSR count). The lowest BCUT2D eigenvalue weighted by Gasteiger charge is -2.28. The Bertz CT molecular complexity index is 900. The standard InChI is InChI=1S/C20H18N4O2/c25-20(23-16-9-5-2-6-10-16)24-11-12-26-18-13-17(14-21-19(18)24)22-15-7-3-1-4-8-15/h1-10,13-14,22H,11-12H2,(H,23,25). The topological polar surface area (TPSA) is 66.5 Å². The van der Waals surface area contributed by atoms with Crippen LogP contribution in [0.2, 0.25) is 0 Å². The molecule has 0 saturated heterocycles. The van der Waals surface area contributed by atoms with Gasteiger partial charge in [-0.1, -0.05) is 36.4 Å². The van der Waals surface area contributed by atoms with Crippen LogP contribution in [-0.2, 0) is 0 Å². The van der Waals surface area contributed by atoms with Crippen LogP contribution in [0.4, 0.5) is 27.7 Å². The highest BCUT2D eigenvalue weighted by atomic mass is 16.5. The average molecular weight is 346 g/mol. The average Bonchev–Trinajstić information content (AvgIpc) is 2.69. The highest BCUT2D eigenvalue weighted by Gasteiger charge is 2.25. The van der Waals surface area contributed by atoms with Crippen molar-refractivity contribution in [1.82, 2.24) is 4.98 Å². The number of para-hydroxylation sites is 2. The second-order valence-electron chi connectivity index (χ2n) is 5.83. The van der Waals surface area contributed by atoms with E-state index in [2.05, 4.69) is 15.6 Å². The lowest BCUT2D eigenvalue weighted by Crippen LogP contribution is -2.41. The van der Waals surface area contributed by atoms with E-state index in [9.17, 15) is 4.79 Å². The fraction of sp³-hybridized carbons (Fsp3) is 0.100. The number of carbonyl (C=O) groups is 1. The Hall–Kier alpha value is -3.54. The van der Waals surface area contributed by atoms with Gasteiger partial charge in [-0.15, -0.1) is 0 Å². The first-order valence-electron chi connectivity index (χ1n) is 8.38. The Kier molecular flexibility index (Phi) is 4.38. The quantitative estimate of drug-likeness (QED) is 0.744. The van der Waals surface area contributed by atoms with E-state index in [1.807, 2.05) is 66.7 Å². The summed E-state index contributed by atoms with van der Waals surface area (Å²) in [6, 6.07) is 20.8. The van der Waals surface area contributed by atoms with E-state index in [0.717, 1.165) is 17.1 Å². The minimum Gasteiger partial charge on any atom is -0.488 e. The first kappa shape index (κ1) is 16.0.